The zero-order valence-corrected chi connectivity index (χ0v) is 16.0. The molecule has 0 bridgehead atoms. The molecule has 0 spiro atoms. The van der Waals surface area contributed by atoms with Crippen LogP contribution in [0.15, 0.2) is 39.3 Å². The van der Waals surface area contributed by atoms with Crippen LogP contribution in [-0.2, 0) is 16.0 Å². The van der Waals surface area contributed by atoms with Crippen LogP contribution in [0.3, 0.4) is 0 Å². The van der Waals surface area contributed by atoms with E-state index in [1.165, 1.54) is 12.1 Å². The van der Waals surface area contributed by atoms with Crippen molar-refractivity contribution in [3.63, 3.8) is 0 Å². The zero-order chi connectivity index (χ0) is 17.0. The molecule has 0 fully saturated rings. The third-order valence-corrected chi connectivity index (χ3v) is 4.04. The van der Waals surface area contributed by atoms with E-state index < -0.39 is 11.8 Å². The molecule has 122 valence electrons. The summed E-state index contributed by atoms with van der Waals surface area (Å²) in [5, 5.41) is 0.117. The first-order valence-corrected chi connectivity index (χ1v) is 8.63. The fourth-order valence-corrected chi connectivity index (χ4v) is 3.31. The lowest BCUT2D eigenvalue weighted by Gasteiger charge is -2.12. The van der Waals surface area contributed by atoms with Crippen molar-refractivity contribution >= 4 is 49.4 Å². The molecule has 23 heavy (non-hydrogen) atoms. The van der Waals surface area contributed by atoms with Gasteiger partial charge in [-0.3, -0.25) is 4.79 Å². The van der Waals surface area contributed by atoms with Crippen LogP contribution in [-0.4, -0.2) is 12.6 Å². The summed E-state index contributed by atoms with van der Waals surface area (Å²) in [5.74, 6) is -0.912. The predicted octanol–water partition coefficient (Wildman–Crippen LogP) is 5.90. The second-order valence-electron chi connectivity index (χ2n) is 4.54. The third kappa shape index (κ3) is 4.93. The third-order valence-electron chi connectivity index (χ3n) is 2.83. The first-order chi connectivity index (χ1) is 10.9. The monoisotopic (exact) mass is 464 g/mol. The average Bonchev–Trinajstić information content (AvgIpc) is 2.46. The Bertz CT molecular complexity index is 717. The van der Waals surface area contributed by atoms with E-state index in [1.54, 1.807) is 19.1 Å². The summed E-state index contributed by atoms with van der Waals surface area (Å²) < 4.78 is 26.5. The SMILES string of the molecule is CCOC(=O)Cc1ccc(Cl)c(Oc2cc(Br)cc(Br)c2)c1F. The molecule has 0 aliphatic carbocycles. The number of benzene rings is 2. The van der Waals surface area contributed by atoms with Gasteiger partial charge in [0.05, 0.1) is 18.1 Å². The highest BCUT2D eigenvalue weighted by Gasteiger charge is 2.17. The zero-order valence-electron chi connectivity index (χ0n) is 12.0. The van der Waals surface area contributed by atoms with E-state index in [2.05, 4.69) is 31.9 Å². The van der Waals surface area contributed by atoms with Crippen LogP contribution in [0, 0.1) is 5.82 Å². The van der Waals surface area contributed by atoms with Gasteiger partial charge in [-0.1, -0.05) is 49.5 Å². The lowest BCUT2D eigenvalue weighted by Crippen LogP contribution is -2.09. The highest BCUT2D eigenvalue weighted by atomic mass is 79.9. The molecule has 7 heteroatoms. The second-order valence-corrected chi connectivity index (χ2v) is 6.78. The minimum Gasteiger partial charge on any atom is -0.466 e. The molecule has 2 rings (SSSR count). The van der Waals surface area contributed by atoms with Crippen molar-refractivity contribution in [2.75, 3.05) is 6.61 Å². The van der Waals surface area contributed by atoms with E-state index in [4.69, 9.17) is 21.1 Å². The predicted molar refractivity (Wildman–Crippen MR) is 93.7 cm³/mol. The molecule has 0 unspecified atom stereocenters. The first-order valence-electron chi connectivity index (χ1n) is 6.67. The summed E-state index contributed by atoms with van der Waals surface area (Å²) in [4.78, 5) is 11.5. The van der Waals surface area contributed by atoms with Crippen molar-refractivity contribution in [1.82, 2.24) is 0 Å². The summed E-state index contributed by atoms with van der Waals surface area (Å²) >= 11 is 12.7. The summed E-state index contributed by atoms with van der Waals surface area (Å²) in [6.07, 6.45) is -0.185. The molecule has 0 amide bonds. The van der Waals surface area contributed by atoms with Gasteiger partial charge in [0.2, 0.25) is 0 Å². The fourth-order valence-electron chi connectivity index (χ4n) is 1.88. The largest absolute Gasteiger partial charge is 0.466 e. The molecule has 0 saturated carbocycles. The smallest absolute Gasteiger partial charge is 0.310 e. The number of carbonyl (C=O) groups is 1. The molecule has 0 aliphatic rings. The van der Waals surface area contributed by atoms with E-state index in [1.807, 2.05) is 6.07 Å². The number of ether oxygens (including phenoxy) is 2. The summed E-state index contributed by atoms with van der Waals surface area (Å²) in [5.41, 5.74) is 0.164. The molecular formula is C16H12Br2ClFO3. The van der Waals surface area contributed by atoms with Crippen LogP contribution in [0.25, 0.3) is 0 Å². The Balaban J connectivity index is 2.32. The Kier molecular flexibility index (Phi) is 6.44. The van der Waals surface area contributed by atoms with Crippen molar-refractivity contribution in [2.24, 2.45) is 0 Å². The average molecular weight is 467 g/mol. The van der Waals surface area contributed by atoms with Gasteiger partial charge in [0, 0.05) is 14.5 Å². The topological polar surface area (TPSA) is 35.5 Å². The van der Waals surface area contributed by atoms with Gasteiger partial charge in [-0.05, 0) is 31.2 Å². The van der Waals surface area contributed by atoms with Crippen LogP contribution < -0.4 is 4.74 Å². The van der Waals surface area contributed by atoms with Crippen molar-refractivity contribution in [3.8, 4) is 11.5 Å². The van der Waals surface area contributed by atoms with Gasteiger partial charge in [-0.25, -0.2) is 4.39 Å². The number of carbonyl (C=O) groups excluding carboxylic acids is 1. The van der Waals surface area contributed by atoms with Crippen LogP contribution in [0.1, 0.15) is 12.5 Å². The summed E-state index contributed by atoms with van der Waals surface area (Å²) in [7, 11) is 0. The molecule has 0 N–H and O–H groups in total. The molecule has 0 atom stereocenters. The van der Waals surface area contributed by atoms with E-state index in [0.29, 0.717) is 5.75 Å². The van der Waals surface area contributed by atoms with Crippen molar-refractivity contribution in [3.05, 3.63) is 55.7 Å². The van der Waals surface area contributed by atoms with Crippen molar-refractivity contribution in [1.29, 1.82) is 0 Å². The Morgan fingerprint density at radius 3 is 2.48 bits per heavy atom. The standard InChI is InChI=1S/C16H12Br2ClFO3/c1-2-22-14(21)5-9-3-4-13(19)16(15(9)20)23-12-7-10(17)6-11(18)8-12/h3-4,6-8H,2,5H2,1H3. The lowest BCUT2D eigenvalue weighted by atomic mass is 10.1. The molecular weight excluding hydrogens is 454 g/mol. The Morgan fingerprint density at radius 2 is 1.87 bits per heavy atom. The number of rotatable bonds is 5. The maximum atomic E-state index is 14.6. The van der Waals surface area contributed by atoms with Crippen LogP contribution >= 0.6 is 43.5 Å². The number of halogens is 4. The minimum absolute atomic E-state index is 0.117. The van der Waals surface area contributed by atoms with Gasteiger partial charge in [0.1, 0.15) is 5.75 Å². The Hall–Kier alpha value is -1.11. The maximum Gasteiger partial charge on any atom is 0.310 e. The van der Waals surface area contributed by atoms with E-state index in [0.717, 1.165) is 8.95 Å². The number of hydrogen-bond acceptors (Lipinski definition) is 3. The van der Waals surface area contributed by atoms with Crippen molar-refractivity contribution < 1.29 is 18.7 Å². The summed E-state index contributed by atoms with van der Waals surface area (Å²) in [6, 6.07) is 8.11. The van der Waals surface area contributed by atoms with Gasteiger partial charge < -0.3 is 9.47 Å². The van der Waals surface area contributed by atoms with Crippen LogP contribution in [0.4, 0.5) is 4.39 Å². The Morgan fingerprint density at radius 1 is 1.22 bits per heavy atom. The highest BCUT2D eigenvalue weighted by molar-refractivity contribution is 9.11. The van der Waals surface area contributed by atoms with Gasteiger partial charge in [-0.15, -0.1) is 0 Å². The second kappa shape index (κ2) is 8.13. The van der Waals surface area contributed by atoms with Gasteiger partial charge in [-0.2, -0.15) is 0 Å². The quantitative estimate of drug-likeness (QED) is 0.515. The molecule has 0 heterocycles. The molecule has 2 aromatic rings. The van der Waals surface area contributed by atoms with Gasteiger partial charge >= 0.3 is 5.97 Å². The van der Waals surface area contributed by atoms with E-state index in [-0.39, 0.29) is 29.4 Å². The van der Waals surface area contributed by atoms with Crippen molar-refractivity contribution in [2.45, 2.75) is 13.3 Å². The number of esters is 1. The van der Waals surface area contributed by atoms with Gasteiger partial charge in [0.25, 0.3) is 0 Å². The Labute approximate surface area is 155 Å². The molecule has 0 aromatic heterocycles. The molecule has 3 nitrogen and oxygen atoms in total. The molecule has 0 radical (unpaired) electrons. The molecule has 0 aliphatic heterocycles. The lowest BCUT2D eigenvalue weighted by molar-refractivity contribution is -0.142. The summed E-state index contributed by atoms with van der Waals surface area (Å²) in [6.45, 7) is 1.93. The minimum atomic E-state index is -0.679. The molecule has 2 aromatic carbocycles. The van der Waals surface area contributed by atoms with E-state index >= 15 is 0 Å². The normalized spacial score (nSPS) is 10.5. The number of hydrogen-bond donors (Lipinski definition) is 0. The van der Waals surface area contributed by atoms with Gasteiger partial charge in [0.15, 0.2) is 11.6 Å². The molecule has 0 saturated heterocycles. The van der Waals surface area contributed by atoms with Crippen LogP contribution in [0.2, 0.25) is 5.02 Å². The fraction of sp³-hybridized carbons (Fsp3) is 0.188. The first kappa shape index (κ1) is 18.2. The van der Waals surface area contributed by atoms with Crippen LogP contribution in [0.5, 0.6) is 11.5 Å². The van der Waals surface area contributed by atoms with E-state index in [9.17, 15) is 9.18 Å². The maximum absolute atomic E-state index is 14.6. The highest BCUT2D eigenvalue weighted by Crippen LogP contribution is 2.36.